The first-order valence-electron chi connectivity index (χ1n) is 4.57. The Labute approximate surface area is 70.1 Å². The van der Waals surface area contributed by atoms with E-state index < -0.39 is 0 Å². The first kappa shape index (κ1) is 8.63. The van der Waals surface area contributed by atoms with Crippen LogP contribution in [0.25, 0.3) is 0 Å². The second-order valence-corrected chi connectivity index (χ2v) is 3.78. The summed E-state index contributed by atoms with van der Waals surface area (Å²) in [5, 5.41) is 0. The van der Waals surface area contributed by atoms with Crippen LogP contribution in [-0.2, 0) is 0 Å². The van der Waals surface area contributed by atoms with E-state index >= 15 is 0 Å². The van der Waals surface area contributed by atoms with E-state index in [1.54, 1.807) is 0 Å². The predicted octanol–water partition coefficient (Wildman–Crippen LogP) is 2.50. The van der Waals surface area contributed by atoms with E-state index in [-0.39, 0.29) is 0 Å². The number of rotatable bonds is 2. The number of nitrogens with zero attached hydrogens (tertiary/aromatic N) is 1. The van der Waals surface area contributed by atoms with Gasteiger partial charge in [-0.2, -0.15) is 0 Å². The molecule has 1 aliphatic rings. The quantitative estimate of drug-likeness (QED) is 0.589. The van der Waals surface area contributed by atoms with Crippen molar-refractivity contribution in [1.82, 2.24) is 4.90 Å². The van der Waals surface area contributed by atoms with Crippen molar-refractivity contribution in [3.8, 4) is 0 Å². The lowest BCUT2D eigenvalue weighted by atomic mass is 10.0. The van der Waals surface area contributed by atoms with Crippen molar-refractivity contribution in [2.75, 3.05) is 13.1 Å². The van der Waals surface area contributed by atoms with Gasteiger partial charge in [-0.15, -0.1) is 0 Å². The molecule has 0 aromatic heterocycles. The van der Waals surface area contributed by atoms with Crippen molar-refractivity contribution in [2.45, 2.75) is 27.2 Å². The van der Waals surface area contributed by atoms with Crippen molar-refractivity contribution in [3.63, 3.8) is 0 Å². The minimum Gasteiger partial charge on any atom is -0.375 e. The average molecular weight is 153 g/mol. The zero-order chi connectivity index (χ0) is 8.43. The molecule has 0 spiro atoms. The predicted molar refractivity (Wildman–Crippen MR) is 49.3 cm³/mol. The Kier molecular flexibility index (Phi) is 2.58. The van der Waals surface area contributed by atoms with Crippen molar-refractivity contribution in [2.24, 2.45) is 11.8 Å². The lowest BCUT2D eigenvalue weighted by Crippen LogP contribution is -2.18. The third-order valence-corrected chi connectivity index (χ3v) is 2.84. The fourth-order valence-corrected chi connectivity index (χ4v) is 1.61. The summed E-state index contributed by atoms with van der Waals surface area (Å²) in [5.41, 5.74) is 1.31. The highest BCUT2D eigenvalue weighted by atomic mass is 15.2. The molecule has 0 amide bonds. The molecule has 2 unspecified atom stereocenters. The molecule has 1 saturated heterocycles. The molecule has 0 N–H and O–H groups in total. The summed E-state index contributed by atoms with van der Waals surface area (Å²) in [6.45, 7) is 13.3. The van der Waals surface area contributed by atoms with Gasteiger partial charge in [-0.3, -0.25) is 0 Å². The third kappa shape index (κ3) is 1.76. The van der Waals surface area contributed by atoms with Gasteiger partial charge in [0.1, 0.15) is 0 Å². The van der Waals surface area contributed by atoms with Gasteiger partial charge in [0, 0.05) is 18.8 Å². The zero-order valence-electron chi connectivity index (χ0n) is 7.93. The van der Waals surface area contributed by atoms with Gasteiger partial charge in [0.05, 0.1) is 0 Å². The maximum absolute atomic E-state index is 4.05. The number of likely N-dealkylation sites (tertiary alicyclic amines) is 1. The lowest BCUT2D eigenvalue weighted by Gasteiger charge is -2.19. The topological polar surface area (TPSA) is 3.24 Å². The van der Waals surface area contributed by atoms with Crippen LogP contribution in [0.5, 0.6) is 0 Å². The van der Waals surface area contributed by atoms with Crippen LogP contribution in [-0.4, -0.2) is 18.0 Å². The number of hydrogen-bond donors (Lipinski definition) is 0. The van der Waals surface area contributed by atoms with Crippen LogP contribution >= 0.6 is 0 Å². The SMILES string of the molecule is C=C(CC)N1CC(C)C(C)C1. The Morgan fingerprint density at radius 3 is 2.18 bits per heavy atom. The van der Waals surface area contributed by atoms with Crippen LogP contribution in [0.15, 0.2) is 12.3 Å². The van der Waals surface area contributed by atoms with Gasteiger partial charge in [-0.05, 0) is 18.3 Å². The highest BCUT2D eigenvalue weighted by Crippen LogP contribution is 2.25. The Hall–Kier alpha value is -0.460. The van der Waals surface area contributed by atoms with Crippen molar-refractivity contribution < 1.29 is 0 Å². The molecule has 2 atom stereocenters. The smallest absolute Gasteiger partial charge is 0.0203 e. The fourth-order valence-electron chi connectivity index (χ4n) is 1.61. The summed E-state index contributed by atoms with van der Waals surface area (Å²) in [6, 6.07) is 0. The van der Waals surface area contributed by atoms with E-state index in [0.29, 0.717) is 0 Å². The third-order valence-electron chi connectivity index (χ3n) is 2.84. The average Bonchev–Trinajstić information content (AvgIpc) is 2.31. The van der Waals surface area contributed by atoms with Gasteiger partial charge in [-0.1, -0.05) is 27.4 Å². The first-order chi connectivity index (χ1) is 5.15. The van der Waals surface area contributed by atoms with E-state index in [1.165, 1.54) is 18.8 Å². The van der Waals surface area contributed by atoms with E-state index in [0.717, 1.165) is 18.3 Å². The van der Waals surface area contributed by atoms with Gasteiger partial charge in [0.25, 0.3) is 0 Å². The maximum atomic E-state index is 4.05. The Morgan fingerprint density at radius 1 is 1.36 bits per heavy atom. The van der Waals surface area contributed by atoms with Gasteiger partial charge in [0.2, 0.25) is 0 Å². The van der Waals surface area contributed by atoms with E-state index in [1.807, 2.05) is 0 Å². The molecule has 0 aliphatic carbocycles. The zero-order valence-corrected chi connectivity index (χ0v) is 7.93. The minimum atomic E-state index is 0.846. The van der Waals surface area contributed by atoms with Crippen LogP contribution < -0.4 is 0 Å². The summed E-state index contributed by atoms with van der Waals surface area (Å²) < 4.78 is 0. The highest BCUT2D eigenvalue weighted by Gasteiger charge is 2.25. The molecule has 1 aliphatic heterocycles. The van der Waals surface area contributed by atoms with Gasteiger partial charge < -0.3 is 4.90 Å². The molecule has 1 rings (SSSR count). The van der Waals surface area contributed by atoms with E-state index in [2.05, 4.69) is 32.3 Å². The first-order valence-corrected chi connectivity index (χ1v) is 4.57. The van der Waals surface area contributed by atoms with Crippen molar-refractivity contribution in [3.05, 3.63) is 12.3 Å². The highest BCUT2D eigenvalue weighted by molar-refractivity contribution is 4.97. The Morgan fingerprint density at radius 2 is 1.82 bits per heavy atom. The molecule has 0 saturated carbocycles. The Bertz CT molecular complexity index is 141. The van der Waals surface area contributed by atoms with Crippen LogP contribution in [0.1, 0.15) is 27.2 Å². The standard InChI is InChI=1S/C10H19N/c1-5-10(4)11-6-8(2)9(3)7-11/h8-9H,4-7H2,1-3H3. The van der Waals surface area contributed by atoms with Crippen LogP contribution in [0, 0.1) is 11.8 Å². The molecule has 1 heteroatoms. The molecule has 1 nitrogen and oxygen atoms in total. The fraction of sp³-hybridized carbons (Fsp3) is 0.800. The van der Waals surface area contributed by atoms with E-state index in [4.69, 9.17) is 0 Å². The lowest BCUT2D eigenvalue weighted by molar-refractivity contribution is 0.397. The van der Waals surface area contributed by atoms with Crippen LogP contribution in [0.3, 0.4) is 0 Å². The largest absolute Gasteiger partial charge is 0.375 e. The molecule has 11 heavy (non-hydrogen) atoms. The normalized spacial score (nSPS) is 31.0. The van der Waals surface area contributed by atoms with Crippen molar-refractivity contribution >= 4 is 0 Å². The molecule has 0 aromatic rings. The second kappa shape index (κ2) is 3.29. The molecule has 0 aromatic carbocycles. The Balaban J connectivity index is 2.46. The summed E-state index contributed by atoms with van der Waals surface area (Å²) in [7, 11) is 0. The number of hydrogen-bond acceptors (Lipinski definition) is 1. The van der Waals surface area contributed by atoms with Crippen LogP contribution in [0.4, 0.5) is 0 Å². The molecule has 0 radical (unpaired) electrons. The van der Waals surface area contributed by atoms with Gasteiger partial charge >= 0.3 is 0 Å². The van der Waals surface area contributed by atoms with Gasteiger partial charge in [0.15, 0.2) is 0 Å². The number of allylic oxidation sites excluding steroid dienone is 1. The monoisotopic (exact) mass is 153 g/mol. The maximum Gasteiger partial charge on any atom is 0.0203 e. The molecular weight excluding hydrogens is 134 g/mol. The minimum absolute atomic E-state index is 0.846. The van der Waals surface area contributed by atoms with Crippen molar-refractivity contribution in [1.29, 1.82) is 0 Å². The summed E-state index contributed by atoms with van der Waals surface area (Å²) in [6.07, 6.45) is 1.10. The van der Waals surface area contributed by atoms with E-state index in [9.17, 15) is 0 Å². The summed E-state index contributed by atoms with van der Waals surface area (Å²) >= 11 is 0. The second-order valence-electron chi connectivity index (χ2n) is 3.78. The molecule has 0 bridgehead atoms. The molecule has 1 fully saturated rings. The molecular formula is C10H19N. The van der Waals surface area contributed by atoms with Gasteiger partial charge in [-0.25, -0.2) is 0 Å². The summed E-state index contributed by atoms with van der Waals surface area (Å²) in [4.78, 5) is 2.43. The molecule has 64 valence electrons. The van der Waals surface area contributed by atoms with Crippen LogP contribution in [0.2, 0.25) is 0 Å². The molecule has 1 heterocycles. The summed E-state index contributed by atoms with van der Waals surface area (Å²) in [5.74, 6) is 1.69.